The van der Waals surface area contributed by atoms with Crippen molar-refractivity contribution in [1.82, 2.24) is 4.57 Å². The minimum absolute atomic E-state index is 0.0150. The molecule has 172 valence electrons. The van der Waals surface area contributed by atoms with Gasteiger partial charge in [-0.1, -0.05) is 42.0 Å². The normalized spacial score (nSPS) is 27.2. The Kier molecular flexibility index (Phi) is 5.71. The molecule has 0 radical (unpaired) electrons. The number of aryl methyl sites for hydroxylation is 1. The van der Waals surface area contributed by atoms with E-state index in [4.69, 9.17) is 9.47 Å². The summed E-state index contributed by atoms with van der Waals surface area (Å²) in [6.07, 6.45) is 4.55. The summed E-state index contributed by atoms with van der Waals surface area (Å²) in [7, 11) is 0. The molecule has 33 heavy (non-hydrogen) atoms. The minimum atomic E-state index is -0.652. The van der Waals surface area contributed by atoms with Crippen LogP contribution in [-0.2, 0) is 27.2 Å². The summed E-state index contributed by atoms with van der Waals surface area (Å²) in [5.74, 6) is -0.114. The van der Waals surface area contributed by atoms with Crippen molar-refractivity contribution < 1.29 is 13.9 Å². The van der Waals surface area contributed by atoms with Gasteiger partial charge in [0.1, 0.15) is 11.4 Å². The molecule has 4 nitrogen and oxygen atoms in total. The van der Waals surface area contributed by atoms with E-state index >= 15 is 0 Å². The van der Waals surface area contributed by atoms with Crippen molar-refractivity contribution in [2.75, 3.05) is 13.2 Å². The minimum Gasteiger partial charge on any atom is -0.371 e. The molecule has 2 fully saturated rings. The molecule has 0 spiro atoms. The van der Waals surface area contributed by atoms with E-state index in [-0.39, 0.29) is 22.9 Å². The molecule has 0 bridgehead atoms. The molecule has 3 unspecified atom stereocenters. The van der Waals surface area contributed by atoms with Gasteiger partial charge in [0.2, 0.25) is 0 Å². The van der Waals surface area contributed by atoms with Crippen molar-refractivity contribution in [2.24, 2.45) is 5.92 Å². The quantitative estimate of drug-likeness (QED) is 0.533. The molecule has 2 aliphatic rings. The first-order valence-electron chi connectivity index (χ1n) is 11.7. The molecule has 2 aliphatic heterocycles. The van der Waals surface area contributed by atoms with Crippen molar-refractivity contribution in [3.63, 3.8) is 0 Å². The fraction of sp³-hybridized carbons (Fsp3) is 0.393. The largest absolute Gasteiger partial charge is 0.371 e. The smallest absolute Gasteiger partial charge is 0.250 e. The third kappa shape index (κ3) is 4.16. The van der Waals surface area contributed by atoms with Crippen LogP contribution in [0, 0.1) is 18.7 Å². The summed E-state index contributed by atoms with van der Waals surface area (Å²) >= 11 is 0. The van der Waals surface area contributed by atoms with Crippen molar-refractivity contribution in [3.05, 3.63) is 105 Å². The molecule has 2 saturated heterocycles. The van der Waals surface area contributed by atoms with E-state index in [1.54, 1.807) is 22.8 Å². The van der Waals surface area contributed by atoms with E-state index in [1.165, 1.54) is 17.7 Å². The number of ether oxygens (including phenoxy) is 2. The van der Waals surface area contributed by atoms with E-state index in [9.17, 15) is 9.18 Å². The maximum absolute atomic E-state index is 13.6. The lowest BCUT2D eigenvalue weighted by Crippen LogP contribution is -2.29. The van der Waals surface area contributed by atoms with Gasteiger partial charge < -0.3 is 14.0 Å². The molecular weight excluding hydrogens is 417 g/mol. The van der Waals surface area contributed by atoms with Crippen molar-refractivity contribution in [3.8, 4) is 0 Å². The van der Waals surface area contributed by atoms with E-state index in [0.717, 1.165) is 42.6 Å². The standard InChI is InChI=1S/C28H30FNO3/c1-20-4-6-22(7-5-20)28(23-8-10-25(29)11-9-23)17-21(19-33-28)18-30-14-12-24(16-26(30)31)27(2)13-3-15-32-27/h4-12,14,16,21H,3,13,15,17-19H2,1-2H3. The van der Waals surface area contributed by atoms with Gasteiger partial charge in [0.25, 0.3) is 5.56 Å². The highest BCUT2D eigenvalue weighted by atomic mass is 19.1. The van der Waals surface area contributed by atoms with E-state index in [0.29, 0.717) is 13.2 Å². The fourth-order valence-electron chi connectivity index (χ4n) is 5.29. The van der Waals surface area contributed by atoms with Gasteiger partial charge in [0.15, 0.2) is 0 Å². The number of nitrogens with zero attached hydrogens (tertiary/aromatic N) is 1. The number of halogens is 1. The summed E-state index contributed by atoms with van der Waals surface area (Å²) < 4.78 is 27.8. The van der Waals surface area contributed by atoms with Crippen LogP contribution >= 0.6 is 0 Å². The molecule has 5 heteroatoms. The van der Waals surface area contributed by atoms with Crippen molar-refractivity contribution in [2.45, 2.75) is 50.9 Å². The third-order valence-electron chi connectivity index (χ3n) is 7.25. The Labute approximate surface area is 194 Å². The molecule has 3 aromatic rings. The molecular formula is C28H30FNO3. The summed E-state index contributed by atoms with van der Waals surface area (Å²) in [4.78, 5) is 12.9. The number of hydrogen-bond acceptors (Lipinski definition) is 3. The third-order valence-corrected chi connectivity index (χ3v) is 7.25. The second kappa shape index (κ2) is 8.54. The average Bonchev–Trinajstić information content (AvgIpc) is 3.44. The Balaban J connectivity index is 1.41. The molecule has 0 N–H and O–H groups in total. The molecule has 0 amide bonds. The Morgan fingerprint density at radius 3 is 2.33 bits per heavy atom. The molecule has 1 aromatic heterocycles. The zero-order valence-electron chi connectivity index (χ0n) is 19.2. The number of benzene rings is 2. The Morgan fingerprint density at radius 2 is 1.70 bits per heavy atom. The maximum atomic E-state index is 13.6. The zero-order chi connectivity index (χ0) is 23.1. The predicted molar refractivity (Wildman–Crippen MR) is 126 cm³/mol. The van der Waals surface area contributed by atoms with Crippen LogP contribution in [0.3, 0.4) is 0 Å². The highest BCUT2D eigenvalue weighted by molar-refractivity contribution is 5.39. The first-order valence-corrected chi connectivity index (χ1v) is 11.7. The maximum Gasteiger partial charge on any atom is 0.250 e. The first-order chi connectivity index (χ1) is 15.9. The molecule has 3 atom stereocenters. The Bertz CT molecular complexity index is 1130. The van der Waals surface area contributed by atoms with E-state index in [2.05, 4.69) is 38.1 Å². The van der Waals surface area contributed by atoms with Gasteiger partial charge in [0.05, 0.1) is 12.2 Å². The molecule has 0 aliphatic carbocycles. The predicted octanol–water partition coefficient (Wildman–Crippen LogP) is 5.30. The summed E-state index contributed by atoms with van der Waals surface area (Å²) in [5.41, 5.74) is 3.08. The van der Waals surface area contributed by atoms with E-state index in [1.807, 2.05) is 12.3 Å². The van der Waals surface area contributed by atoms with Gasteiger partial charge in [-0.05, 0) is 68.0 Å². The Morgan fingerprint density at radius 1 is 1.00 bits per heavy atom. The highest BCUT2D eigenvalue weighted by Gasteiger charge is 2.43. The second-order valence-electron chi connectivity index (χ2n) is 9.67. The number of rotatable bonds is 5. The number of hydrogen-bond donors (Lipinski definition) is 0. The average molecular weight is 448 g/mol. The van der Waals surface area contributed by atoms with Crippen LogP contribution in [0.2, 0.25) is 0 Å². The van der Waals surface area contributed by atoms with Crippen LogP contribution in [0.1, 0.15) is 48.4 Å². The Hall–Kier alpha value is -2.76. The van der Waals surface area contributed by atoms with Gasteiger partial charge >= 0.3 is 0 Å². The molecule has 3 heterocycles. The lowest BCUT2D eigenvalue weighted by Gasteiger charge is -2.30. The van der Waals surface area contributed by atoms with Gasteiger partial charge in [-0.3, -0.25) is 4.79 Å². The van der Waals surface area contributed by atoms with Crippen LogP contribution in [0.15, 0.2) is 71.7 Å². The van der Waals surface area contributed by atoms with Crippen molar-refractivity contribution >= 4 is 0 Å². The monoisotopic (exact) mass is 447 g/mol. The summed E-state index contributed by atoms with van der Waals surface area (Å²) in [6.45, 7) is 5.96. The van der Waals surface area contributed by atoms with Crippen LogP contribution in [0.25, 0.3) is 0 Å². The summed E-state index contributed by atoms with van der Waals surface area (Å²) in [6, 6.07) is 18.6. The number of aromatic nitrogens is 1. The molecule has 2 aromatic carbocycles. The lowest BCUT2D eigenvalue weighted by atomic mass is 9.81. The van der Waals surface area contributed by atoms with Crippen molar-refractivity contribution in [1.29, 1.82) is 0 Å². The SMILES string of the molecule is Cc1ccc(C2(c3ccc(F)cc3)CC(Cn3ccc(C4(C)CCCO4)cc3=O)CO2)cc1. The van der Waals surface area contributed by atoms with Gasteiger partial charge in [-0.25, -0.2) is 4.39 Å². The highest BCUT2D eigenvalue weighted by Crippen LogP contribution is 2.45. The van der Waals surface area contributed by atoms with Crippen LogP contribution in [0.5, 0.6) is 0 Å². The first kappa shape index (κ1) is 22.1. The molecule has 0 saturated carbocycles. The van der Waals surface area contributed by atoms with Gasteiger partial charge in [-0.15, -0.1) is 0 Å². The topological polar surface area (TPSA) is 40.5 Å². The fourth-order valence-corrected chi connectivity index (χ4v) is 5.29. The number of pyridine rings is 1. The van der Waals surface area contributed by atoms with Crippen LogP contribution in [-0.4, -0.2) is 17.8 Å². The summed E-state index contributed by atoms with van der Waals surface area (Å²) in [5, 5.41) is 0. The van der Waals surface area contributed by atoms with Crippen LogP contribution < -0.4 is 5.56 Å². The lowest BCUT2D eigenvalue weighted by molar-refractivity contribution is 0.0166. The molecule has 5 rings (SSSR count). The van der Waals surface area contributed by atoms with Gasteiger partial charge in [-0.2, -0.15) is 0 Å². The van der Waals surface area contributed by atoms with E-state index < -0.39 is 5.60 Å². The van der Waals surface area contributed by atoms with Crippen LogP contribution in [0.4, 0.5) is 4.39 Å². The zero-order valence-corrected chi connectivity index (χ0v) is 19.2. The van der Waals surface area contributed by atoms with Gasteiger partial charge in [0, 0.05) is 31.3 Å². The second-order valence-corrected chi connectivity index (χ2v) is 9.67.